The van der Waals surface area contributed by atoms with Crippen LogP contribution in [0.2, 0.25) is 0 Å². The van der Waals surface area contributed by atoms with E-state index in [-0.39, 0.29) is 0 Å². The fourth-order valence-electron chi connectivity index (χ4n) is 3.77. The van der Waals surface area contributed by atoms with E-state index in [0.717, 1.165) is 17.9 Å². The van der Waals surface area contributed by atoms with E-state index in [1.807, 2.05) is 6.07 Å². The molecule has 1 heteroatoms. The third kappa shape index (κ3) is 4.26. The zero-order valence-corrected chi connectivity index (χ0v) is 14.7. The second-order valence-electron chi connectivity index (χ2n) is 7.16. The normalized spacial score (nSPS) is 16.4. The van der Waals surface area contributed by atoms with Gasteiger partial charge in [0.2, 0.25) is 0 Å². The molecule has 1 atom stereocenters. The summed E-state index contributed by atoms with van der Waals surface area (Å²) in [7, 11) is 0. The number of rotatable bonds is 6. The molecule has 0 N–H and O–H groups in total. The molecule has 0 saturated heterocycles. The molecule has 1 nitrogen and oxygen atoms in total. The van der Waals surface area contributed by atoms with Crippen LogP contribution in [0, 0.1) is 17.2 Å². The molecule has 0 heterocycles. The fourth-order valence-corrected chi connectivity index (χ4v) is 3.77. The van der Waals surface area contributed by atoms with Crippen LogP contribution in [0.4, 0.5) is 0 Å². The lowest BCUT2D eigenvalue weighted by atomic mass is 9.80. The average Bonchev–Trinajstić information content (AvgIpc) is 2.65. The summed E-state index contributed by atoms with van der Waals surface area (Å²) in [6.07, 6.45) is 9.78. The maximum absolute atomic E-state index is 9.02. The Morgan fingerprint density at radius 1 is 1.00 bits per heavy atom. The van der Waals surface area contributed by atoms with Gasteiger partial charge in [-0.05, 0) is 85.3 Å². The van der Waals surface area contributed by atoms with Gasteiger partial charge in [0.15, 0.2) is 0 Å². The standard InChI is InChI=1S/C23H27N/c1-2-3-4-18-5-7-19(8-6-18)9-10-20-11-13-23-16-21(17-24)12-14-22(23)15-20/h5-8,12,14,16,20H,2-4,9-11,13,15H2,1H3. The van der Waals surface area contributed by atoms with E-state index in [0.29, 0.717) is 0 Å². The van der Waals surface area contributed by atoms with Crippen LogP contribution in [0.25, 0.3) is 0 Å². The minimum absolute atomic E-state index is 0.783. The van der Waals surface area contributed by atoms with Gasteiger partial charge in [0.25, 0.3) is 0 Å². The molecule has 2 aromatic rings. The second kappa shape index (κ2) is 8.15. The molecule has 1 aliphatic rings. The summed E-state index contributed by atoms with van der Waals surface area (Å²) in [6, 6.07) is 17.7. The molecule has 1 unspecified atom stereocenters. The monoisotopic (exact) mass is 317 g/mol. The summed E-state index contributed by atoms with van der Waals surface area (Å²) in [5, 5.41) is 9.02. The molecular formula is C23H27N. The first-order valence-corrected chi connectivity index (χ1v) is 9.38. The van der Waals surface area contributed by atoms with E-state index >= 15 is 0 Å². The highest BCUT2D eigenvalue weighted by Gasteiger charge is 2.18. The van der Waals surface area contributed by atoms with E-state index in [2.05, 4.69) is 49.4 Å². The highest BCUT2D eigenvalue weighted by Crippen LogP contribution is 2.29. The van der Waals surface area contributed by atoms with Gasteiger partial charge in [-0.3, -0.25) is 0 Å². The second-order valence-corrected chi connectivity index (χ2v) is 7.16. The Balaban J connectivity index is 1.53. The topological polar surface area (TPSA) is 23.8 Å². The Hall–Kier alpha value is -2.07. The van der Waals surface area contributed by atoms with E-state index in [4.69, 9.17) is 5.26 Å². The molecule has 0 aliphatic heterocycles. The Morgan fingerprint density at radius 2 is 1.75 bits per heavy atom. The quantitative estimate of drug-likeness (QED) is 0.676. The van der Waals surface area contributed by atoms with Crippen molar-refractivity contribution >= 4 is 0 Å². The summed E-state index contributed by atoms with van der Waals surface area (Å²) >= 11 is 0. The van der Waals surface area contributed by atoms with Crippen LogP contribution in [0.15, 0.2) is 42.5 Å². The summed E-state index contributed by atoms with van der Waals surface area (Å²) < 4.78 is 0. The van der Waals surface area contributed by atoms with Gasteiger partial charge in [-0.2, -0.15) is 5.26 Å². The summed E-state index contributed by atoms with van der Waals surface area (Å²) in [4.78, 5) is 0. The van der Waals surface area contributed by atoms with Gasteiger partial charge >= 0.3 is 0 Å². The molecule has 0 fully saturated rings. The van der Waals surface area contributed by atoms with Crippen molar-refractivity contribution in [2.45, 2.75) is 58.3 Å². The van der Waals surface area contributed by atoms with Crippen molar-refractivity contribution in [3.8, 4) is 6.07 Å². The van der Waals surface area contributed by atoms with Gasteiger partial charge in [0, 0.05) is 0 Å². The Kier molecular flexibility index (Phi) is 5.70. The Bertz CT molecular complexity index is 706. The van der Waals surface area contributed by atoms with Crippen LogP contribution >= 0.6 is 0 Å². The lowest BCUT2D eigenvalue weighted by Gasteiger charge is -2.24. The Morgan fingerprint density at radius 3 is 2.46 bits per heavy atom. The van der Waals surface area contributed by atoms with Crippen LogP contribution in [0.1, 0.15) is 60.4 Å². The lowest BCUT2D eigenvalue weighted by Crippen LogP contribution is -2.15. The number of aryl methyl sites for hydroxylation is 3. The SMILES string of the molecule is CCCCc1ccc(CCC2CCc3cc(C#N)ccc3C2)cc1. The smallest absolute Gasteiger partial charge is 0.0991 e. The van der Waals surface area contributed by atoms with Crippen LogP contribution in [0.3, 0.4) is 0 Å². The number of benzene rings is 2. The molecule has 0 spiro atoms. The molecule has 3 rings (SSSR count). The van der Waals surface area contributed by atoms with Crippen molar-refractivity contribution in [2.75, 3.05) is 0 Å². The van der Waals surface area contributed by atoms with Crippen molar-refractivity contribution < 1.29 is 0 Å². The molecule has 124 valence electrons. The maximum atomic E-state index is 9.02. The van der Waals surface area contributed by atoms with Crippen LogP contribution in [-0.2, 0) is 25.7 Å². The zero-order valence-electron chi connectivity index (χ0n) is 14.7. The summed E-state index contributed by atoms with van der Waals surface area (Å²) in [6.45, 7) is 2.25. The van der Waals surface area contributed by atoms with Crippen LogP contribution < -0.4 is 0 Å². The van der Waals surface area contributed by atoms with E-state index in [9.17, 15) is 0 Å². The number of unbranched alkanes of at least 4 members (excludes halogenated alkanes) is 1. The van der Waals surface area contributed by atoms with Crippen molar-refractivity contribution in [1.82, 2.24) is 0 Å². The van der Waals surface area contributed by atoms with Gasteiger partial charge in [-0.25, -0.2) is 0 Å². The number of nitriles is 1. The average molecular weight is 317 g/mol. The van der Waals surface area contributed by atoms with Crippen molar-refractivity contribution in [2.24, 2.45) is 5.92 Å². The third-order valence-corrected chi connectivity index (χ3v) is 5.35. The predicted molar refractivity (Wildman–Crippen MR) is 100 cm³/mol. The van der Waals surface area contributed by atoms with Gasteiger partial charge in [-0.15, -0.1) is 0 Å². The number of hydrogen-bond acceptors (Lipinski definition) is 1. The largest absolute Gasteiger partial charge is 0.192 e. The fraction of sp³-hybridized carbons (Fsp3) is 0.435. The summed E-state index contributed by atoms with van der Waals surface area (Å²) in [5.74, 6) is 0.783. The van der Waals surface area contributed by atoms with E-state index in [1.165, 1.54) is 67.2 Å². The van der Waals surface area contributed by atoms with Gasteiger partial charge in [0.1, 0.15) is 0 Å². The molecule has 0 bridgehead atoms. The van der Waals surface area contributed by atoms with Crippen molar-refractivity contribution in [1.29, 1.82) is 5.26 Å². The molecule has 0 aromatic heterocycles. The molecule has 0 amide bonds. The van der Waals surface area contributed by atoms with Crippen LogP contribution in [0.5, 0.6) is 0 Å². The highest BCUT2D eigenvalue weighted by atomic mass is 14.3. The molecule has 0 radical (unpaired) electrons. The number of fused-ring (bicyclic) bond motifs is 1. The summed E-state index contributed by atoms with van der Waals surface area (Å²) in [5.41, 5.74) is 6.60. The van der Waals surface area contributed by atoms with Gasteiger partial charge in [-0.1, -0.05) is 43.7 Å². The van der Waals surface area contributed by atoms with Crippen molar-refractivity contribution in [3.05, 3.63) is 70.3 Å². The molecular weight excluding hydrogens is 290 g/mol. The number of hydrogen-bond donors (Lipinski definition) is 0. The first kappa shape index (κ1) is 16.8. The lowest BCUT2D eigenvalue weighted by molar-refractivity contribution is 0.427. The van der Waals surface area contributed by atoms with Gasteiger partial charge < -0.3 is 0 Å². The van der Waals surface area contributed by atoms with Gasteiger partial charge in [0.05, 0.1) is 11.6 Å². The molecule has 2 aromatic carbocycles. The predicted octanol–water partition coefficient (Wildman–Crippen LogP) is 5.64. The van der Waals surface area contributed by atoms with E-state index in [1.54, 1.807) is 0 Å². The number of nitrogens with zero attached hydrogens (tertiary/aromatic N) is 1. The zero-order chi connectivity index (χ0) is 16.8. The maximum Gasteiger partial charge on any atom is 0.0991 e. The van der Waals surface area contributed by atoms with E-state index < -0.39 is 0 Å². The first-order chi connectivity index (χ1) is 11.8. The highest BCUT2D eigenvalue weighted by molar-refractivity contribution is 5.39. The minimum atomic E-state index is 0.783. The molecule has 24 heavy (non-hydrogen) atoms. The first-order valence-electron chi connectivity index (χ1n) is 9.38. The third-order valence-electron chi connectivity index (χ3n) is 5.35. The van der Waals surface area contributed by atoms with Crippen LogP contribution in [-0.4, -0.2) is 0 Å². The minimum Gasteiger partial charge on any atom is -0.192 e. The molecule has 0 saturated carbocycles. The van der Waals surface area contributed by atoms with Crippen molar-refractivity contribution in [3.63, 3.8) is 0 Å². The molecule has 1 aliphatic carbocycles. The Labute approximate surface area is 146 Å².